The predicted octanol–water partition coefficient (Wildman–Crippen LogP) is 1.36. The van der Waals surface area contributed by atoms with Gasteiger partial charge >= 0.3 is 6.34 Å². The zero-order chi connectivity index (χ0) is 7.23. The molecule has 0 aliphatic heterocycles. The van der Waals surface area contributed by atoms with E-state index in [0.717, 1.165) is 5.69 Å². The van der Waals surface area contributed by atoms with E-state index in [-0.39, 0.29) is 0 Å². The fourth-order valence-electron chi connectivity index (χ4n) is 0.638. The second-order valence-corrected chi connectivity index (χ2v) is 1.75. The predicted molar refractivity (Wildman–Crippen MR) is 39.7 cm³/mol. The first-order valence-corrected chi connectivity index (χ1v) is 2.91. The van der Waals surface area contributed by atoms with Crippen LogP contribution in [0, 0.1) is 0 Å². The lowest BCUT2D eigenvalue weighted by Crippen LogP contribution is -1.93. The Morgan fingerprint density at radius 3 is 2.60 bits per heavy atom. The smallest absolute Gasteiger partial charge is 0.319 e. The van der Waals surface area contributed by atoms with Crippen molar-refractivity contribution in [2.75, 3.05) is 5.32 Å². The second-order valence-electron chi connectivity index (χ2n) is 1.75. The molecule has 0 aromatic heterocycles. The molecule has 1 rings (SSSR count). The molecule has 0 heterocycles. The first-order chi connectivity index (χ1) is 4.93. The van der Waals surface area contributed by atoms with Crippen molar-refractivity contribution in [2.24, 2.45) is 0 Å². The fraction of sp³-hybridized carbons (Fsp3) is 0. The van der Waals surface area contributed by atoms with Crippen molar-refractivity contribution in [3.05, 3.63) is 35.9 Å². The number of hydrogen-bond acceptors (Lipinski definition) is 0. The lowest BCUT2D eigenvalue weighted by atomic mass is 10.3. The Labute approximate surface area is 58.9 Å². The van der Waals surface area contributed by atoms with E-state index < -0.39 is 0 Å². The van der Waals surface area contributed by atoms with E-state index in [1.165, 1.54) is 6.34 Å². The molecule has 0 unspecified atom stereocenters. The van der Waals surface area contributed by atoms with E-state index in [9.17, 15) is 0 Å². The highest BCUT2D eigenvalue weighted by Crippen LogP contribution is 2.01. The maximum atomic E-state index is 8.03. The monoisotopic (exact) mass is 133 g/mol. The van der Waals surface area contributed by atoms with Gasteiger partial charge in [0.2, 0.25) is 0 Å². The van der Waals surface area contributed by atoms with E-state index in [1.54, 1.807) is 0 Å². The summed E-state index contributed by atoms with van der Waals surface area (Å²) in [5.74, 6) is 0. The van der Waals surface area contributed by atoms with Crippen LogP contribution in [0.1, 0.15) is 0 Å². The summed E-state index contributed by atoms with van der Waals surface area (Å²) in [5.41, 5.74) is 8.94. The summed E-state index contributed by atoms with van der Waals surface area (Å²) in [7, 11) is 0. The van der Waals surface area contributed by atoms with Gasteiger partial charge in [-0.15, -0.1) is 0 Å². The normalized spacial score (nSPS) is 8.00. The largest absolute Gasteiger partial charge is 0.498 e. The average molecular weight is 133 g/mol. The molecule has 0 aliphatic carbocycles. The minimum atomic E-state index is 0.903. The molecule has 0 bridgehead atoms. The van der Waals surface area contributed by atoms with Crippen molar-refractivity contribution in [1.29, 1.82) is 0 Å². The van der Waals surface area contributed by atoms with E-state index in [1.807, 2.05) is 30.3 Å². The molecule has 1 aromatic rings. The van der Waals surface area contributed by atoms with E-state index in [0.29, 0.717) is 0 Å². The van der Waals surface area contributed by atoms with Crippen LogP contribution >= 0.6 is 0 Å². The fourth-order valence-corrected chi connectivity index (χ4v) is 0.638. The number of nitrogens with zero attached hydrogens (tertiary/aromatic N) is 2. The summed E-state index contributed by atoms with van der Waals surface area (Å²) >= 11 is 0. The van der Waals surface area contributed by atoms with Gasteiger partial charge in [0.25, 0.3) is 0 Å². The Morgan fingerprint density at radius 1 is 1.30 bits per heavy atom. The summed E-state index contributed by atoms with van der Waals surface area (Å²) in [6.45, 7) is 0. The van der Waals surface area contributed by atoms with Crippen LogP contribution in [0.4, 0.5) is 5.69 Å². The van der Waals surface area contributed by atoms with Crippen molar-refractivity contribution in [2.45, 2.75) is 0 Å². The molecule has 0 amide bonds. The third-order valence-electron chi connectivity index (χ3n) is 1.06. The van der Waals surface area contributed by atoms with E-state index in [4.69, 9.17) is 5.53 Å². The molecule has 0 fully saturated rings. The summed E-state index contributed by atoms with van der Waals surface area (Å²) in [6.07, 6.45) is 1.22. The molecular weight excluding hydrogens is 126 g/mol. The van der Waals surface area contributed by atoms with Gasteiger partial charge in [-0.25, -0.2) is 5.32 Å². The van der Waals surface area contributed by atoms with Crippen molar-refractivity contribution in [3.63, 3.8) is 0 Å². The Bertz CT molecular complexity index is 236. The first kappa shape index (κ1) is 6.52. The molecule has 0 radical (unpaired) electrons. The van der Waals surface area contributed by atoms with Gasteiger partial charge in [-0.2, -0.15) is 0 Å². The molecule has 3 nitrogen and oxygen atoms in total. The second kappa shape index (κ2) is 3.43. The molecule has 10 heavy (non-hydrogen) atoms. The summed E-state index contributed by atoms with van der Waals surface area (Å²) in [6, 6.07) is 9.46. The van der Waals surface area contributed by atoms with Gasteiger partial charge in [0.15, 0.2) is 0 Å². The Morgan fingerprint density at radius 2 is 2.00 bits per heavy atom. The summed E-state index contributed by atoms with van der Waals surface area (Å²) < 4.78 is 0. The summed E-state index contributed by atoms with van der Waals surface area (Å²) in [5, 5.41) is 2.75. The highest BCUT2D eigenvalue weighted by molar-refractivity contribution is 5.71. The minimum absolute atomic E-state index is 0.903. The molecule has 0 saturated carbocycles. The van der Waals surface area contributed by atoms with Crippen molar-refractivity contribution in [3.8, 4) is 0 Å². The molecule has 50 valence electrons. The van der Waals surface area contributed by atoms with Gasteiger partial charge in [-0.1, -0.05) is 18.2 Å². The van der Waals surface area contributed by atoms with E-state index >= 15 is 0 Å². The third-order valence-corrected chi connectivity index (χ3v) is 1.06. The number of nitrogens with one attached hydrogen (secondary N) is 1. The molecule has 0 spiro atoms. The molecular formula is C7H7N3. The SMILES string of the molecule is [N-]=[N+]=CNc1ccccc1. The lowest BCUT2D eigenvalue weighted by Gasteiger charge is -1.87. The van der Waals surface area contributed by atoms with Crippen LogP contribution in [0.3, 0.4) is 0 Å². The summed E-state index contributed by atoms with van der Waals surface area (Å²) in [4.78, 5) is 2.79. The van der Waals surface area contributed by atoms with E-state index in [2.05, 4.69) is 10.1 Å². The van der Waals surface area contributed by atoms with Gasteiger partial charge in [-0.05, 0) is 12.1 Å². The van der Waals surface area contributed by atoms with Crippen molar-refractivity contribution < 1.29 is 4.79 Å². The number of hydrogen-bond donors (Lipinski definition) is 1. The first-order valence-electron chi connectivity index (χ1n) is 2.91. The maximum Gasteiger partial charge on any atom is 0.319 e. The number of rotatable bonds is 2. The highest BCUT2D eigenvalue weighted by Gasteiger charge is 1.87. The lowest BCUT2D eigenvalue weighted by molar-refractivity contribution is 0.00367. The van der Waals surface area contributed by atoms with Gasteiger partial charge in [0.05, 0.1) is 0 Å². The van der Waals surface area contributed by atoms with Crippen LogP contribution in [-0.2, 0) is 0 Å². The molecule has 3 heteroatoms. The number of anilines is 1. The molecule has 1 aromatic carbocycles. The van der Waals surface area contributed by atoms with Crippen molar-refractivity contribution >= 4 is 12.0 Å². The van der Waals surface area contributed by atoms with Crippen LogP contribution in [0.2, 0.25) is 0 Å². The highest BCUT2D eigenvalue weighted by atomic mass is 15.0. The topological polar surface area (TPSA) is 48.4 Å². The number of benzene rings is 1. The van der Waals surface area contributed by atoms with Gasteiger partial charge in [-0.3, -0.25) is 0 Å². The molecule has 1 N–H and O–H groups in total. The van der Waals surface area contributed by atoms with Crippen LogP contribution in [-0.4, -0.2) is 11.1 Å². The molecule has 0 atom stereocenters. The van der Waals surface area contributed by atoms with Gasteiger partial charge < -0.3 is 10.3 Å². The maximum absolute atomic E-state index is 8.03. The third kappa shape index (κ3) is 1.73. The quantitative estimate of drug-likeness (QED) is 0.281. The van der Waals surface area contributed by atoms with Crippen LogP contribution in [0.15, 0.2) is 30.3 Å². The van der Waals surface area contributed by atoms with Crippen molar-refractivity contribution in [1.82, 2.24) is 0 Å². The van der Waals surface area contributed by atoms with Gasteiger partial charge in [0, 0.05) is 0 Å². The molecule has 0 saturated heterocycles. The average Bonchev–Trinajstić information content (AvgIpc) is 2.03. The zero-order valence-electron chi connectivity index (χ0n) is 5.36. The zero-order valence-corrected chi connectivity index (χ0v) is 5.36. The Hall–Kier alpha value is -1.60. The van der Waals surface area contributed by atoms with Crippen LogP contribution in [0.25, 0.3) is 5.53 Å². The van der Waals surface area contributed by atoms with Crippen LogP contribution in [0.5, 0.6) is 0 Å². The minimum Gasteiger partial charge on any atom is -0.498 e. The molecule has 0 aliphatic rings. The number of para-hydroxylation sites is 1. The van der Waals surface area contributed by atoms with Crippen LogP contribution < -0.4 is 5.32 Å². The Kier molecular flexibility index (Phi) is 2.24. The standard InChI is InChI=1S/C7H7N3/c8-10-6-9-7-4-2-1-3-5-7/h1-6,9H. The Balaban J connectivity index is 2.67. The van der Waals surface area contributed by atoms with Gasteiger partial charge in [0.1, 0.15) is 5.69 Å².